The second-order valence-corrected chi connectivity index (χ2v) is 7.63. The lowest BCUT2D eigenvalue weighted by atomic mass is 10.0. The van der Waals surface area contributed by atoms with E-state index in [1.54, 1.807) is 0 Å². The van der Waals surface area contributed by atoms with Gasteiger partial charge in [0.15, 0.2) is 5.82 Å². The van der Waals surface area contributed by atoms with Gasteiger partial charge in [0.05, 0.1) is 12.2 Å². The SMILES string of the molecule is CCN(CC)c1nc(-c2ccccc2)nc2c1CN(C(=O)c1ccccc1C)CC2. The zero-order valence-corrected chi connectivity index (χ0v) is 17.9. The summed E-state index contributed by atoms with van der Waals surface area (Å²) in [6.45, 7) is 9.20. The van der Waals surface area contributed by atoms with Gasteiger partial charge in [-0.3, -0.25) is 4.79 Å². The maximum atomic E-state index is 13.2. The fourth-order valence-corrected chi connectivity index (χ4v) is 4.05. The highest BCUT2D eigenvalue weighted by Gasteiger charge is 2.28. The maximum absolute atomic E-state index is 13.2. The Labute approximate surface area is 178 Å². The molecule has 0 bridgehead atoms. The minimum absolute atomic E-state index is 0.0800. The first-order valence-electron chi connectivity index (χ1n) is 10.7. The fourth-order valence-electron chi connectivity index (χ4n) is 4.05. The van der Waals surface area contributed by atoms with Crippen LogP contribution in [-0.4, -0.2) is 40.4 Å². The molecule has 4 rings (SSSR count). The number of fused-ring (bicyclic) bond motifs is 1. The van der Waals surface area contributed by atoms with E-state index in [9.17, 15) is 4.79 Å². The van der Waals surface area contributed by atoms with Crippen molar-refractivity contribution >= 4 is 11.7 Å². The highest BCUT2D eigenvalue weighted by molar-refractivity contribution is 5.95. The summed E-state index contributed by atoms with van der Waals surface area (Å²) in [4.78, 5) is 27.3. The molecular formula is C25H28N4O. The van der Waals surface area contributed by atoms with Gasteiger partial charge in [-0.1, -0.05) is 48.5 Å². The van der Waals surface area contributed by atoms with Crippen molar-refractivity contribution in [1.82, 2.24) is 14.9 Å². The number of benzene rings is 2. The summed E-state index contributed by atoms with van der Waals surface area (Å²) in [5.74, 6) is 1.79. The molecule has 1 aliphatic rings. The molecule has 1 amide bonds. The van der Waals surface area contributed by atoms with Gasteiger partial charge in [-0.2, -0.15) is 0 Å². The molecule has 1 aliphatic heterocycles. The molecule has 2 heterocycles. The Kier molecular flexibility index (Phi) is 5.79. The van der Waals surface area contributed by atoms with Gasteiger partial charge in [-0.25, -0.2) is 9.97 Å². The molecule has 0 saturated carbocycles. The van der Waals surface area contributed by atoms with Crippen molar-refractivity contribution in [3.05, 3.63) is 77.0 Å². The fraction of sp³-hybridized carbons (Fsp3) is 0.320. The molecule has 3 aromatic rings. The summed E-state index contributed by atoms with van der Waals surface area (Å²) in [5, 5.41) is 0. The lowest BCUT2D eigenvalue weighted by Crippen LogP contribution is -2.38. The average molecular weight is 401 g/mol. The average Bonchev–Trinajstić information content (AvgIpc) is 2.80. The van der Waals surface area contributed by atoms with E-state index in [0.29, 0.717) is 13.1 Å². The van der Waals surface area contributed by atoms with Crippen molar-refractivity contribution in [2.75, 3.05) is 24.5 Å². The molecule has 0 aliphatic carbocycles. The first-order chi connectivity index (χ1) is 14.6. The number of amides is 1. The topological polar surface area (TPSA) is 49.3 Å². The number of carbonyl (C=O) groups excluding carboxylic acids is 1. The zero-order valence-electron chi connectivity index (χ0n) is 17.9. The van der Waals surface area contributed by atoms with Crippen LogP contribution in [0.15, 0.2) is 54.6 Å². The number of nitrogens with zero attached hydrogens (tertiary/aromatic N) is 4. The van der Waals surface area contributed by atoms with Crippen molar-refractivity contribution in [2.45, 2.75) is 33.7 Å². The summed E-state index contributed by atoms with van der Waals surface area (Å²) < 4.78 is 0. The molecule has 0 unspecified atom stereocenters. The van der Waals surface area contributed by atoms with E-state index in [4.69, 9.17) is 9.97 Å². The van der Waals surface area contributed by atoms with Gasteiger partial charge in [0.1, 0.15) is 5.82 Å². The summed E-state index contributed by atoms with van der Waals surface area (Å²) in [5.41, 5.74) is 4.93. The van der Waals surface area contributed by atoms with Crippen molar-refractivity contribution in [3.63, 3.8) is 0 Å². The quantitative estimate of drug-likeness (QED) is 0.633. The van der Waals surface area contributed by atoms with Gasteiger partial charge < -0.3 is 9.80 Å². The van der Waals surface area contributed by atoms with Gasteiger partial charge >= 0.3 is 0 Å². The molecule has 0 spiro atoms. The number of hydrogen-bond acceptors (Lipinski definition) is 4. The third-order valence-corrected chi connectivity index (χ3v) is 5.80. The lowest BCUT2D eigenvalue weighted by Gasteiger charge is -2.32. The minimum Gasteiger partial charge on any atom is -0.357 e. The first-order valence-corrected chi connectivity index (χ1v) is 10.7. The Balaban J connectivity index is 1.74. The van der Waals surface area contributed by atoms with Crippen LogP contribution in [0, 0.1) is 6.92 Å². The Bertz CT molecular complexity index is 1040. The van der Waals surface area contributed by atoms with Crippen LogP contribution in [0.5, 0.6) is 0 Å². The second kappa shape index (κ2) is 8.66. The Morgan fingerprint density at radius 3 is 2.40 bits per heavy atom. The minimum atomic E-state index is 0.0800. The zero-order chi connectivity index (χ0) is 21.1. The van der Waals surface area contributed by atoms with Crippen LogP contribution >= 0.6 is 0 Å². The molecule has 0 fully saturated rings. The van der Waals surface area contributed by atoms with E-state index < -0.39 is 0 Å². The van der Waals surface area contributed by atoms with Crippen molar-refractivity contribution in [2.24, 2.45) is 0 Å². The van der Waals surface area contributed by atoms with Crippen molar-refractivity contribution in [1.29, 1.82) is 0 Å². The predicted molar refractivity (Wildman–Crippen MR) is 121 cm³/mol. The summed E-state index contributed by atoms with van der Waals surface area (Å²) in [6.07, 6.45) is 0.740. The second-order valence-electron chi connectivity index (χ2n) is 7.63. The standard InChI is InChI=1S/C25H28N4O/c1-4-28(5-2)24-21-17-29(25(30)20-14-10-9-11-18(20)3)16-15-22(21)26-23(27-24)19-12-7-6-8-13-19/h6-14H,4-5,15-17H2,1-3H3. The highest BCUT2D eigenvalue weighted by Crippen LogP contribution is 2.30. The highest BCUT2D eigenvalue weighted by atomic mass is 16.2. The molecule has 2 aromatic carbocycles. The molecule has 0 atom stereocenters. The van der Waals surface area contributed by atoms with E-state index in [0.717, 1.165) is 59.1 Å². The van der Waals surface area contributed by atoms with Gasteiger partial charge in [0, 0.05) is 42.7 Å². The normalized spacial score (nSPS) is 13.1. The Hall–Kier alpha value is -3.21. The van der Waals surface area contributed by atoms with Gasteiger partial charge in [0.2, 0.25) is 0 Å². The number of hydrogen-bond donors (Lipinski definition) is 0. The Morgan fingerprint density at radius 1 is 1.00 bits per heavy atom. The van der Waals surface area contributed by atoms with E-state index in [1.807, 2.05) is 66.4 Å². The molecule has 0 N–H and O–H groups in total. The number of aromatic nitrogens is 2. The van der Waals surface area contributed by atoms with Gasteiger partial charge in [0.25, 0.3) is 5.91 Å². The van der Waals surface area contributed by atoms with Crippen molar-refractivity contribution < 1.29 is 4.79 Å². The molecule has 5 nitrogen and oxygen atoms in total. The van der Waals surface area contributed by atoms with Gasteiger partial charge in [-0.05, 0) is 32.4 Å². The number of rotatable bonds is 5. The van der Waals surface area contributed by atoms with E-state index in [2.05, 4.69) is 18.7 Å². The maximum Gasteiger partial charge on any atom is 0.254 e. The first kappa shape index (κ1) is 20.1. The Morgan fingerprint density at radius 2 is 1.70 bits per heavy atom. The van der Waals surface area contributed by atoms with Crippen molar-refractivity contribution in [3.8, 4) is 11.4 Å². The van der Waals surface area contributed by atoms with E-state index in [-0.39, 0.29) is 5.91 Å². The molecule has 0 saturated heterocycles. The molecule has 154 valence electrons. The smallest absolute Gasteiger partial charge is 0.254 e. The van der Waals surface area contributed by atoms with E-state index in [1.165, 1.54) is 0 Å². The summed E-state index contributed by atoms with van der Waals surface area (Å²) >= 11 is 0. The van der Waals surface area contributed by atoms with Crippen LogP contribution in [0.25, 0.3) is 11.4 Å². The molecular weight excluding hydrogens is 372 g/mol. The van der Waals surface area contributed by atoms with Crippen LogP contribution in [-0.2, 0) is 13.0 Å². The molecule has 0 radical (unpaired) electrons. The summed E-state index contributed by atoms with van der Waals surface area (Å²) in [6, 6.07) is 17.9. The molecule has 1 aromatic heterocycles. The van der Waals surface area contributed by atoms with E-state index >= 15 is 0 Å². The van der Waals surface area contributed by atoms with Crippen LogP contribution in [0.4, 0.5) is 5.82 Å². The number of anilines is 1. The van der Waals surface area contributed by atoms with Gasteiger partial charge in [-0.15, -0.1) is 0 Å². The molecule has 5 heteroatoms. The van der Waals surface area contributed by atoms with Crippen LogP contribution < -0.4 is 4.90 Å². The van der Waals surface area contributed by atoms with Crippen LogP contribution in [0.2, 0.25) is 0 Å². The molecule has 30 heavy (non-hydrogen) atoms. The number of aryl methyl sites for hydroxylation is 1. The monoisotopic (exact) mass is 400 g/mol. The third kappa shape index (κ3) is 3.80. The summed E-state index contributed by atoms with van der Waals surface area (Å²) in [7, 11) is 0. The number of carbonyl (C=O) groups is 1. The largest absolute Gasteiger partial charge is 0.357 e. The lowest BCUT2D eigenvalue weighted by molar-refractivity contribution is 0.0733. The van der Waals surface area contributed by atoms with Crippen LogP contribution in [0.1, 0.15) is 41.0 Å². The van der Waals surface area contributed by atoms with Crippen LogP contribution in [0.3, 0.4) is 0 Å². The third-order valence-electron chi connectivity index (χ3n) is 5.80. The predicted octanol–water partition coefficient (Wildman–Crippen LogP) is 4.50.